The molecule has 0 aromatic carbocycles. The van der Waals surface area contributed by atoms with Crippen LogP contribution in [-0.4, -0.2) is 47.3 Å². The van der Waals surface area contributed by atoms with E-state index in [4.69, 9.17) is 9.47 Å². The first-order chi connectivity index (χ1) is 9.00. The second-order valence-electron chi connectivity index (χ2n) is 7.00. The lowest BCUT2D eigenvalue weighted by molar-refractivity contribution is -0.225. The molecule has 1 spiro atoms. The third-order valence-corrected chi connectivity index (χ3v) is 6.53. The Morgan fingerprint density at radius 1 is 1.47 bits per heavy atom. The largest absolute Gasteiger partial charge is 0.396 e. The van der Waals surface area contributed by atoms with Crippen molar-refractivity contribution >= 4 is 0 Å². The van der Waals surface area contributed by atoms with Crippen molar-refractivity contribution < 1.29 is 19.7 Å². The Morgan fingerprint density at radius 2 is 2.21 bits per heavy atom. The molecule has 0 aromatic heterocycles. The van der Waals surface area contributed by atoms with Crippen LogP contribution in [0.2, 0.25) is 0 Å². The van der Waals surface area contributed by atoms with Crippen LogP contribution in [0, 0.1) is 10.8 Å². The van der Waals surface area contributed by atoms with Crippen molar-refractivity contribution in [3.63, 3.8) is 0 Å². The molecule has 0 radical (unpaired) electrons. The Kier molecular flexibility index (Phi) is 2.22. The third kappa shape index (κ3) is 1.13. The fourth-order valence-electron chi connectivity index (χ4n) is 5.03. The SMILES string of the molecule is CC1=C[C@H]2O[C@@H]3C[C@@H](O)[C@@](C)(C34CO4)[C@@]2(CO)CC1. The summed E-state index contributed by atoms with van der Waals surface area (Å²) >= 11 is 0. The second-order valence-corrected chi connectivity index (χ2v) is 7.00. The second kappa shape index (κ2) is 3.42. The lowest BCUT2D eigenvalue weighted by Gasteiger charge is -2.58. The fourth-order valence-corrected chi connectivity index (χ4v) is 5.03. The predicted octanol–water partition coefficient (Wildman–Crippen LogP) is 1.01. The summed E-state index contributed by atoms with van der Waals surface area (Å²) in [4.78, 5) is 0. The molecule has 1 unspecified atom stereocenters. The molecule has 6 atom stereocenters. The van der Waals surface area contributed by atoms with Gasteiger partial charge in [0.15, 0.2) is 0 Å². The summed E-state index contributed by atoms with van der Waals surface area (Å²) in [5, 5.41) is 20.8. The van der Waals surface area contributed by atoms with Gasteiger partial charge >= 0.3 is 0 Å². The van der Waals surface area contributed by atoms with E-state index in [0.717, 1.165) is 12.8 Å². The van der Waals surface area contributed by atoms with Gasteiger partial charge in [0, 0.05) is 17.3 Å². The minimum Gasteiger partial charge on any atom is -0.396 e. The number of ether oxygens (including phenoxy) is 2. The molecule has 4 rings (SSSR count). The highest BCUT2D eigenvalue weighted by Crippen LogP contribution is 2.71. The Hall–Kier alpha value is -0.420. The number of allylic oxidation sites excluding steroid dienone is 1. The van der Waals surface area contributed by atoms with Crippen molar-refractivity contribution in [1.29, 1.82) is 0 Å². The van der Waals surface area contributed by atoms with E-state index in [-0.39, 0.29) is 24.4 Å². The fraction of sp³-hybridized carbons (Fsp3) is 0.867. The molecular weight excluding hydrogens is 244 g/mol. The smallest absolute Gasteiger partial charge is 0.126 e. The van der Waals surface area contributed by atoms with Gasteiger partial charge in [0.25, 0.3) is 0 Å². The average molecular weight is 266 g/mol. The molecule has 2 aliphatic heterocycles. The van der Waals surface area contributed by atoms with E-state index in [1.807, 2.05) is 0 Å². The summed E-state index contributed by atoms with van der Waals surface area (Å²) in [5.74, 6) is 0. The Bertz CT molecular complexity index is 455. The van der Waals surface area contributed by atoms with Crippen molar-refractivity contribution in [3.05, 3.63) is 11.6 Å². The van der Waals surface area contributed by atoms with Crippen molar-refractivity contribution in [1.82, 2.24) is 0 Å². The summed E-state index contributed by atoms with van der Waals surface area (Å²) in [6.07, 6.45) is 4.03. The standard InChI is InChI=1S/C15H22O4/c1-9-3-4-14(7-16)11(5-9)19-12-6-10(17)13(14,2)15(12)8-18-15/h5,10-12,16-17H,3-4,6-8H2,1-2H3/t10-,11-,12-,13-,14-,15?/m1/s1. The number of hydrogen-bond donors (Lipinski definition) is 2. The molecule has 1 saturated carbocycles. The van der Waals surface area contributed by atoms with E-state index < -0.39 is 16.9 Å². The molecule has 2 saturated heterocycles. The lowest BCUT2D eigenvalue weighted by Crippen LogP contribution is -2.66. The monoisotopic (exact) mass is 266 g/mol. The highest BCUT2D eigenvalue weighted by molar-refractivity contribution is 5.32. The van der Waals surface area contributed by atoms with Crippen molar-refractivity contribution in [2.75, 3.05) is 13.2 Å². The zero-order valence-corrected chi connectivity index (χ0v) is 11.6. The molecule has 2 N–H and O–H groups in total. The van der Waals surface area contributed by atoms with Gasteiger partial charge in [0.2, 0.25) is 0 Å². The predicted molar refractivity (Wildman–Crippen MR) is 68.6 cm³/mol. The highest BCUT2D eigenvalue weighted by Gasteiger charge is 2.81. The van der Waals surface area contributed by atoms with Crippen LogP contribution in [0.25, 0.3) is 0 Å². The van der Waals surface area contributed by atoms with E-state index in [9.17, 15) is 10.2 Å². The van der Waals surface area contributed by atoms with Gasteiger partial charge in [0.05, 0.1) is 31.5 Å². The van der Waals surface area contributed by atoms with Crippen LogP contribution in [0.1, 0.15) is 33.1 Å². The van der Waals surface area contributed by atoms with E-state index in [0.29, 0.717) is 13.0 Å². The Labute approximate surface area is 113 Å². The third-order valence-electron chi connectivity index (χ3n) is 6.53. The average Bonchev–Trinajstić information content (AvgIpc) is 3.15. The quantitative estimate of drug-likeness (QED) is 0.549. The summed E-state index contributed by atoms with van der Waals surface area (Å²) in [7, 11) is 0. The first-order valence-corrected chi connectivity index (χ1v) is 7.26. The van der Waals surface area contributed by atoms with Gasteiger partial charge < -0.3 is 19.7 Å². The molecule has 0 aromatic rings. The number of fused-ring (bicyclic) bond motifs is 2. The topological polar surface area (TPSA) is 62.2 Å². The van der Waals surface area contributed by atoms with Gasteiger partial charge in [-0.05, 0) is 19.8 Å². The molecule has 2 aliphatic carbocycles. The zero-order valence-electron chi connectivity index (χ0n) is 11.6. The molecule has 2 bridgehead atoms. The summed E-state index contributed by atoms with van der Waals surface area (Å²) in [6.45, 7) is 4.92. The molecule has 4 nitrogen and oxygen atoms in total. The molecule has 19 heavy (non-hydrogen) atoms. The van der Waals surface area contributed by atoms with E-state index in [1.54, 1.807) is 0 Å². The molecule has 0 amide bonds. The maximum atomic E-state index is 10.6. The van der Waals surface area contributed by atoms with Gasteiger partial charge in [-0.3, -0.25) is 0 Å². The van der Waals surface area contributed by atoms with Gasteiger partial charge in [-0.25, -0.2) is 0 Å². The van der Waals surface area contributed by atoms with Crippen LogP contribution in [0.3, 0.4) is 0 Å². The van der Waals surface area contributed by atoms with Gasteiger partial charge in [-0.15, -0.1) is 0 Å². The molecule has 2 heterocycles. The van der Waals surface area contributed by atoms with Crippen LogP contribution in [0.15, 0.2) is 11.6 Å². The lowest BCUT2D eigenvalue weighted by atomic mass is 9.51. The van der Waals surface area contributed by atoms with Crippen molar-refractivity contribution in [2.45, 2.75) is 57.0 Å². The first kappa shape index (κ1) is 12.3. The van der Waals surface area contributed by atoms with Crippen LogP contribution in [0.4, 0.5) is 0 Å². The van der Waals surface area contributed by atoms with E-state index in [2.05, 4.69) is 19.9 Å². The number of aliphatic hydroxyl groups is 2. The molecule has 106 valence electrons. The van der Waals surface area contributed by atoms with Crippen molar-refractivity contribution in [3.8, 4) is 0 Å². The molecule has 4 heteroatoms. The van der Waals surface area contributed by atoms with Crippen LogP contribution < -0.4 is 0 Å². The Morgan fingerprint density at radius 3 is 2.84 bits per heavy atom. The van der Waals surface area contributed by atoms with Crippen molar-refractivity contribution in [2.24, 2.45) is 10.8 Å². The number of epoxide rings is 1. The van der Waals surface area contributed by atoms with Crippen LogP contribution in [0.5, 0.6) is 0 Å². The molecule has 4 aliphatic rings. The minimum atomic E-state index is -0.455. The van der Waals surface area contributed by atoms with Gasteiger partial charge in [0.1, 0.15) is 5.60 Å². The highest BCUT2D eigenvalue weighted by atomic mass is 16.6. The summed E-state index contributed by atoms with van der Waals surface area (Å²) < 4.78 is 12.0. The normalized spacial score (nSPS) is 58.9. The van der Waals surface area contributed by atoms with Gasteiger partial charge in [-0.2, -0.15) is 0 Å². The maximum Gasteiger partial charge on any atom is 0.126 e. The minimum absolute atomic E-state index is 0.0284. The van der Waals surface area contributed by atoms with Gasteiger partial charge in [-0.1, -0.05) is 18.6 Å². The summed E-state index contributed by atoms with van der Waals surface area (Å²) in [5.41, 5.74) is 0.152. The molecular formula is C15H22O4. The van der Waals surface area contributed by atoms with Crippen LogP contribution in [-0.2, 0) is 9.47 Å². The number of hydrogen-bond acceptors (Lipinski definition) is 4. The Balaban J connectivity index is 1.89. The maximum absolute atomic E-state index is 10.6. The first-order valence-electron chi connectivity index (χ1n) is 7.26. The zero-order chi connectivity index (χ0) is 13.5. The van der Waals surface area contributed by atoms with E-state index >= 15 is 0 Å². The number of rotatable bonds is 1. The summed E-state index contributed by atoms with van der Waals surface area (Å²) in [6, 6.07) is 0. The number of aliphatic hydroxyl groups excluding tert-OH is 2. The van der Waals surface area contributed by atoms with E-state index in [1.165, 1.54) is 5.57 Å². The molecule has 3 fully saturated rings. The van der Waals surface area contributed by atoms with Crippen LogP contribution >= 0.6 is 0 Å².